The number of hydrogen-bond acceptors (Lipinski definition) is 2. The van der Waals surface area contributed by atoms with Gasteiger partial charge in [-0.15, -0.1) is 0 Å². The first kappa shape index (κ1) is 11.1. The lowest BCUT2D eigenvalue weighted by Gasteiger charge is -2.15. The van der Waals surface area contributed by atoms with Crippen molar-refractivity contribution in [1.82, 2.24) is 4.90 Å². The molecule has 0 aliphatic heterocycles. The molecule has 0 atom stereocenters. The molecule has 0 bridgehead atoms. The molecule has 3 heteroatoms. The molecule has 0 saturated carbocycles. The van der Waals surface area contributed by atoms with Gasteiger partial charge in [-0.3, -0.25) is 4.90 Å². The number of rotatable bonds is 4. The van der Waals surface area contributed by atoms with E-state index in [0.717, 1.165) is 5.56 Å². The van der Waals surface area contributed by atoms with Crippen LogP contribution in [0.2, 0.25) is 0 Å². The molecule has 78 valence electrons. The summed E-state index contributed by atoms with van der Waals surface area (Å²) in [5.74, 6) is -0.171. The topological polar surface area (TPSA) is 23.5 Å². The van der Waals surface area contributed by atoms with Crippen LogP contribution in [0.1, 0.15) is 11.1 Å². The molecule has 14 heavy (non-hydrogen) atoms. The van der Waals surface area contributed by atoms with Crippen LogP contribution in [0.25, 0.3) is 0 Å². The summed E-state index contributed by atoms with van der Waals surface area (Å²) in [6.45, 7) is 3.06. The third kappa shape index (κ3) is 3.09. The summed E-state index contributed by atoms with van der Waals surface area (Å²) >= 11 is 0. The number of aliphatic hydroxyl groups is 1. The zero-order chi connectivity index (χ0) is 10.6. The Hall–Kier alpha value is -0.930. The Morgan fingerprint density at radius 3 is 2.71 bits per heavy atom. The Bertz CT molecular complexity index is 301. The lowest BCUT2D eigenvalue weighted by atomic mass is 10.1. The number of aliphatic hydroxyl groups excluding tert-OH is 1. The van der Waals surface area contributed by atoms with Gasteiger partial charge in [-0.1, -0.05) is 12.1 Å². The van der Waals surface area contributed by atoms with Crippen molar-refractivity contribution in [1.29, 1.82) is 0 Å². The first-order chi connectivity index (χ1) is 6.63. The Labute approximate surface area is 84.0 Å². The molecule has 0 unspecified atom stereocenters. The van der Waals surface area contributed by atoms with Crippen LogP contribution in [0.5, 0.6) is 0 Å². The van der Waals surface area contributed by atoms with Crippen LogP contribution in [0.15, 0.2) is 18.2 Å². The molecular weight excluding hydrogens is 181 g/mol. The summed E-state index contributed by atoms with van der Waals surface area (Å²) in [6.07, 6.45) is 0. The maximum atomic E-state index is 13.4. The lowest BCUT2D eigenvalue weighted by Crippen LogP contribution is -2.22. The van der Waals surface area contributed by atoms with Crippen molar-refractivity contribution in [3.63, 3.8) is 0 Å². The van der Waals surface area contributed by atoms with Gasteiger partial charge in [0.25, 0.3) is 0 Å². The second-order valence-electron chi connectivity index (χ2n) is 3.56. The Morgan fingerprint density at radius 1 is 1.43 bits per heavy atom. The summed E-state index contributed by atoms with van der Waals surface area (Å²) in [5.41, 5.74) is 1.60. The molecule has 0 aliphatic carbocycles. The highest BCUT2D eigenvalue weighted by Gasteiger charge is 2.04. The van der Waals surface area contributed by atoms with Gasteiger partial charge in [0.2, 0.25) is 0 Å². The highest BCUT2D eigenvalue weighted by Crippen LogP contribution is 2.11. The normalized spacial score (nSPS) is 10.9. The van der Waals surface area contributed by atoms with Gasteiger partial charge in [0.1, 0.15) is 5.82 Å². The summed E-state index contributed by atoms with van der Waals surface area (Å²) in [7, 11) is 1.86. The molecule has 0 aliphatic rings. The van der Waals surface area contributed by atoms with E-state index in [1.165, 1.54) is 6.07 Å². The van der Waals surface area contributed by atoms with Gasteiger partial charge in [0.05, 0.1) is 6.61 Å². The second kappa shape index (κ2) is 5.08. The summed E-state index contributed by atoms with van der Waals surface area (Å²) < 4.78 is 13.4. The van der Waals surface area contributed by atoms with E-state index in [-0.39, 0.29) is 12.4 Å². The maximum Gasteiger partial charge on any atom is 0.127 e. The van der Waals surface area contributed by atoms with Gasteiger partial charge in [-0.05, 0) is 25.6 Å². The molecule has 1 rings (SSSR count). The van der Waals surface area contributed by atoms with E-state index in [0.29, 0.717) is 18.7 Å². The average Bonchev–Trinajstić information content (AvgIpc) is 2.10. The van der Waals surface area contributed by atoms with Crippen molar-refractivity contribution in [2.24, 2.45) is 0 Å². The fourth-order valence-corrected chi connectivity index (χ4v) is 1.32. The zero-order valence-corrected chi connectivity index (χ0v) is 8.63. The molecule has 1 aromatic rings. The number of halogens is 1. The quantitative estimate of drug-likeness (QED) is 0.791. The van der Waals surface area contributed by atoms with E-state index in [4.69, 9.17) is 5.11 Å². The first-order valence-electron chi connectivity index (χ1n) is 4.68. The lowest BCUT2D eigenvalue weighted by molar-refractivity contribution is 0.216. The largest absolute Gasteiger partial charge is 0.395 e. The van der Waals surface area contributed by atoms with Crippen molar-refractivity contribution < 1.29 is 9.50 Å². The molecule has 0 radical (unpaired) electrons. The summed E-state index contributed by atoms with van der Waals surface area (Å²) in [6, 6.07) is 5.21. The predicted octanol–water partition coefficient (Wildman–Crippen LogP) is 1.56. The first-order valence-corrected chi connectivity index (χ1v) is 4.68. The van der Waals surface area contributed by atoms with Gasteiger partial charge in [-0.25, -0.2) is 4.39 Å². The molecule has 1 N–H and O–H groups in total. The zero-order valence-electron chi connectivity index (χ0n) is 8.63. The highest BCUT2D eigenvalue weighted by atomic mass is 19.1. The standard InChI is InChI=1S/C11H16FNO/c1-9-3-4-10(11(12)7-9)8-13(2)5-6-14/h3-4,7,14H,5-6,8H2,1-2H3. The minimum Gasteiger partial charge on any atom is -0.395 e. The van der Waals surface area contributed by atoms with Crippen LogP contribution in [0.4, 0.5) is 4.39 Å². The van der Waals surface area contributed by atoms with Crippen molar-refractivity contribution in [3.8, 4) is 0 Å². The van der Waals surface area contributed by atoms with E-state index >= 15 is 0 Å². The van der Waals surface area contributed by atoms with Crippen molar-refractivity contribution >= 4 is 0 Å². The maximum absolute atomic E-state index is 13.4. The van der Waals surface area contributed by atoms with E-state index in [1.807, 2.05) is 24.9 Å². The third-order valence-corrected chi connectivity index (χ3v) is 2.13. The van der Waals surface area contributed by atoms with Crippen LogP contribution in [0.3, 0.4) is 0 Å². The SMILES string of the molecule is Cc1ccc(CN(C)CCO)c(F)c1. The van der Waals surface area contributed by atoms with Crippen molar-refractivity contribution in [3.05, 3.63) is 35.1 Å². The Kier molecular flexibility index (Phi) is 4.04. The van der Waals surface area contributed by atoms with Crippen LogP contribution >= 0.6 is 0 Å². The fraction of sp³-hybridized carbons (Fsp3) is 0.455. The predicted molar refractivity (Wildman–Crippen MR) is 54.6 cm³/mol. The van der Waals surface area contributed by atoms with Crippen molar-refractivity contribution in [2.45, 2.75) is 13.5 Å². The van der Waals surface area contributed by atoms with Crippen LogP contribution in [-0.2, 0) is 6.54 Å². The molecule has 0 aromatic heterocycles. The minimum absolute atomic E-state index is 0.101. The molecule has 0 fully saturated rings. The second-order valence-corrected chi connectivity index (χ2v) is 3.56. The number of likely N-dealkylation sites (N-methyl/N-ethyl adjacent to an activating group) is 1. The molecular formula is C11H16FNO. The van der Waals surface area contributed by atoms with E-state index in [9.17, 15) is 4.39 Å². The Balaban J connectivity index is 2.67. The van der Waals surface area contributed by atoms with Crippen LogP contribution < -0.4 is 0 Å². The third-order valence-electron chi connectivity index (χ3n) is 2.13. The van der Waals surface area contributed by atoms with Gasteiger partial charge >= 0.3 is 0 Å². The van der Waals surface area contributed by atoms with Crippen LogP contribution in [0, 0.1) is 12.7 Å². The summed E-state index contributed by atoms with van der Waals surface area (Å²) in [5, 5.41) is 8.69. The van der Waals surface area contributed by atoms with Crippen molar-refractivity contribution in [2.75, 3.05) is 20.2 Å². The average molecular weight is 197 g/mol. The van der Waals surface area contributed by atoms with E-state index in [1.54, 1.807) is 6.07 Å². The highest BCUT2D eigenvalue weighted by molar-refractivity contribution is 5.23. The number of hydrogen-bond donors (Lipinski definition) is 1. The van der Waals surface area contributed by atoms with Gasteiger partial charge in [0.15, 0.2) is 0 Å². The van der Waals surface area contributed by atoms with E-state index in [2.05, 4.69) is 0 Å². The monoisotopic (exact) mass is 197 g/mol. The minimum atomic E-state index is -0.171. The molecule has 2 nitrogen and oxygen atoms in total. The number of nitrogens with zero attached hydrogens (tertiary/aromatic N) is 1. The van der Waals surface area contributed by atoms with Gasteiger partial charge in [-0.2, -0.15) is 0 Å². The van der Waals surface area contributed by atoms with Gasteiger partial charge < -0.3 is 5.11 Å². The number of aryl methyl sites for hydroxylation is 1. The van der Waals surface area contributed by atoms with Crippen LogP contribution in [-0.4, -0.2) is 30.2 Å². The number of benzene rings is 1. The Morgan fingerprint density at radius 2 is 2.14 bits per heavy atom. The molecule has 0 amide bonds. The summed E-state index contributed by atoms with van der Waals surface area (Å²) in [4.78, 5) is 1.88. The molecule has 1 aromatic carbocycles. The smallest absolute Gasteiger partial charge is 0.127 e. The molecule has 0 saturated heterocycles. The van der Waals surface area contributed by atoms with Gasteiger partial charge in [0, 0.05) is 18.7 Å². The molecule has 0 heterocycles. The van der Waals surface area contributed by atoms with E-state index < -0.39 is 0 Å². The molecule has 0 spiro atoms. The fourth-order valence-electron chi connectivity index (χ4n) is 1.32.